The summed E-state index contributed by atoms with van der Waals surface area (Å²) < 4.78 is 0. The fourth-order valence-electron chi connectivity index (χ4n) is 4.29. The molecule has 0 radical (unpaired) electrons. The molecule has 2 amide bonds. The molecule has 5 rings (SSSR count). The number of nitrogens with one attached hydrogen (secondary N) is 3. The van der Waals surface area contributed by atoms with Crippen molar-refractivity contribution in [2.45, 2.75) is 22.6 Å². The van der Waals surface area contributed by atoms with Crippen molar-refractivity contribution < 1.29 is 19.2 Å². The highest BCUT2D eigenvalue weighted by molar-refractivity contribution is 7.99. The molecule has 1 heterocycles. The molecule has 4 aromatic rings. The molecule has 0 spiro atoms. The van der Waals surface area contributed by atoms with Crippen molar-refractivity contribution in [3.05, 3.63) is 116 Å². The number of hydrogen-bond donors (Lipinski definition) is 3. The number of carbonyl (C=O) groups is 4. The van der Waals surface area contributed by atoms with Crippen LogP contribution in [-0.2, 0) is 19.2 Å². The third kappa shape index (κ3) is 9.02. The van der Waals surface area contributed by atoms with Crippen molar-refractivity contribution >= 4 is 116 Å². The molecule has 232 valence electrons. The van der Waals surface area contributed by atoms with E-state index in [-0.39, 0.29) is 24.4 Å². The van der Waals surface area contributed by atoms with Crippen LogP contribution in [0.2, 0.25) is 20.1 Å². The van der Waals surface area contributed by atoms with E-state index in [9.17, 15) is 19.2 Å². The minimum Gasteiger partial charge on any atom is -0.354 e. The molecule has 12 heteroatoms. The summed E-state index contributed by atoms with van der Waals surface area (Å²) in [6.07, 6.45) is 5.12. The van der Waals surface area contributed by atoms with E-state index >= 15 is 0 Å². The quantitative estimate of drug-likeness (QED) is 0.0985. The number of hydrogen-bond acceptors (Lipinski definition) is 6. The number of carbonyl (C=O) groups excluding carboxylic acids is 4. The summed E-state index contributed by atoms with van der Waals surface area (Å²) in [5, 5.41) is 10.4. The molecule has 0 fully saturated rings. The van der Waals surface area contributed by atoms with Crippen molar-refractivity contribution in [3.63, 3.8) is 0 Å². The van der Waals surface area contributed by atoms with Gasteiger partial charge in [-0.2, -0.15) is 0 Å². The summed E-state index contributed by atoms with van der Waals surface area (Å²) in [7, 11) is 0. The van der Waals surface area contributed by atoms with Crippen molar-refractivity contribution in [2.75, 3.05) is 16.0 Å². The summed E-state index contributed by atoms with van der Waals surface area (Å²) in [4.78, 5) is 51.5. The van der Waals surface area contributed by atoms with Crippen molar-refractivity contribution in [1.82, 2.24) is 0 Å². The van der Waals surface area contributed by atoms with E-state index in [1.54, 1.807) is 72.8 Å². The summed E-state index contributed by atoms with van der Waals surface area (Å²) >= 11 is 25.3. The van der Waals surface area contributed by atoms with Crippen molar-refractivity contribution in [3.8, 4) is 0 Å². The van der Waals surface area contributed by atoms with E-state index in [1.165, 1.54) is 23.9 Å². The second-order valence-electron chi connectivity index (χ2n) is 10.0. The van der Waals surface area contributed by atoms with Gasteiger partial charge >= 0.3 is 0 Å². The van der Waals surface area contributed by atoms with Gasteiger partial charge in [-0.15, -0.1) is 0 Å². The highest BCUT2D eigenvalue weighted by Gasteiger charge is 2.18. The lowest BCUT2D eigenvalue weighted by atomic mass is 10.1. The van der Waals surface area contributed by atoms with Gasteiger partial charge in [0.25, 0.3) is 0 Å². The van der Waals surface area contributed by atoms with Crippen LogP contribution in [-0.4, -0.2) is 23.4 Å². The number of rotatable bonds is 10. The zero-order valence-corrected chi connectivity index (χ0v) is 27.5. The van der Waals surface area contributed by atoms with Gasteiger partial charge in [-0.05, 0) is 83.9 Å². The molecule has 0 saturated heterocycles. The molecule has 3 N–H and O–H groups in total. The van der Waals surface area contributed by atoms with Gasteiger partial charge in [0, 0.05) is 21.2 Å². The summed E-state index contributed by atoms with van der Waals surface area (Å²) in [5.41, 5.74) is 4.11. The van der Waals surface area contributed by atoms with Crippen LogP contribution in [0.15, 0.2) is 94.7 Å². The number of amides is 2. The Morgan fingerprint density at radius 1 is 0.587 bits per heavy atom. The Bertz CT molecular complexity index is 1810. The molecule has 7 nitrogen and oxygen atoms in total. The topological polar surface area (TPSA) is 104 Å². The van der Waals surface area contributed by atoms with Gasteiger partial charge in [0.15, 0.2) is 11.6 Å². The third-order valence-electron chi connectivity index (χ3n) is 6.50. The second-order valence-corrected chi connectivity index (χ2v) is 12.8. The smallest absolute Gasteiger partial charge is 0.232 e. The molecule has 0 atom stereocenters. The number of anilines is 4. The largest absolute Gasteiger partial charge is 0.354 e. The molecule has 4 aromatic carbocycles. The molecule has 1 aliphatic rings. The highest BCUT2D eigenvalue weighted by Crippen LogP contribution is 2.46. The average Bonchev–Trinajstić information content (AvgIpc) is 3.01. The standard InChI is InChI=1S/C34H23Cl4N3O4S/c35-25-9-3-19(13-27(25)37)1-7-23(42)17-33(44)39-21-5-11-29-31(15-21)46-32-16-22(6-12-30(32)41-29)40-34(45)18-24(43)8-2-20-4-10-26(36)28(38)14-20/h1-16,41H,17-18H2,(H,39,44)(H,40,45)/b7-1+,8-2+. The first kappa shape index (κ1) is 33.3. The van der Waals surface area contributed by atoms with Crippen LogP contribution in [0.3, 0.4) is 0 Å². The number of halogens is 4. The fraction of sp³-hybridized carbons (Fsp3) is 0.0588. The molecular weight excluding hydrogens is 688 g/mol. The van der Waals surface area contributed by atoms with Crippen LogP contribution in [0.1, 0.15) is 24.0 Å². The van der Waals surface area contributed by atoms with Gasteiger partial charge in [-0.1, -0.05) is 82.5 Å². The average molecular weight is 711 g/mol. The van der Waals surface area contributed by atoms with Gasteiger partial charge in [0.05, 0.1) is 44.3 Å². The van der Waals surface area contributed by atoms with Gasteiger partial charge in [-0.25, -0.2) is 0 Å². The van der Waals surface area contributed by atoms with Crippen LogP contribution in [0, 0.1) is 0 Å². The molecule has 0 aromatic heterocycles. The maximum Gasteiger partial charge on any atom is 0.232 e. The Morgan fingerprint density at radius 3 is 1.43 bits per heavy atom. The second kappa shape index (κ2) is 15.0. The first-order valence-corrected chi connectivity index (χ1v) is 16.0. The number of benzene rings is 4. The number of ketones is 2. The summed E-state index contributed by atoms with van der Waals surface area (Å²) in [5.74, 6) is -1.65. The lowest BCUT2D eigenvalue weighted by molar-refractivity contribution is -0.124. The SMILES string of the molecule is O=C(/C=C/c1ccc(Cl)c(Cl)c1)CC(=O)Nc1ccc2c(c1)Sc1cc(NC(=O)CC(=O)/C=C/c3ccc(Cl)c(Cl)c3)ccc1N2. The summed E-state index contributed by atoms with van der Waals surface area (Å²) in [6.45, 7) is 0. The molecule has 0 bridgehead atoms. The third-order valence-corrected chi connectivity index (χ3v) is 9.09. The predicted octanol–water partition coefficient (Wildman–Crippen LogP) is 9.73. The van der Waals surface area contributed by atoms with E-state index < -0.39 is 11.8 Å². The van der Waals surface area contributed by atoms with Crippen LogP contribution in [0.25, 0.3) is 12.2 Å². The minimum absolute atomic E-state index is 0.333. The first-order chi connectivity index (χ1) is 22.0. The maximum absolute atomic E-state index is 12.6. The molecule has 0 aliphatic carbocycles. The van der Waals surface area contributed by atoms with Gasteiger partial charge < -0.3 is 16.0 Å². The number of fused-ring (bicyclic) bond motifs is 2. The highest BCUT2D eigenvalue weighted by atomic mass is 35.5. The Hall–Kier alpha value is -4.05. The minimum atomic E-state index is -0.454. The Morgan fingerprint density at radius 2 is 1.02 bits per heavy atom. The molecule has 0 saturated carbocycles. The van der Waals surface area contributed by atoms with Gasteiger partial charge in [-0.3, -0.25) is 19.2 Å². The van der Waals surface area contributed by atoms with Crippen molar-refractivity contribution in [2.24, 2.45) is 0 Å². The number of allylic oxidation sites excluding steroid dienone is 2. The van der Waals surface area contributed by atoms with Crippen LogP contribution in [0.4, 0.5) is 22.7 Å². The van der Waals surface area contributed by atoms with E-state index in [0.29, 0.717) is 42.6 Å². The molecular formula is C34H23Cl4N3O4S. The monoisotopic (exact) mass is 709 g/mol. The lowest BCUT2D eigenvalue weighted by Gasteiger charge is -2.22. The molecule has 1 aliphatic heterocycles. The van der Waals surface area contributed by atoms with E-state index in [1.807, 2.05) is 12.1 Å². The van der Waals surface area contributed by atoms with Crippen molar-refractivity contribution in [1.29, 1.82) is 0 Å². The normalized spacial score (nSPS) is 11.9. The molecule has 46 heavy (non-hydrogen) atoms. The molecule has 0 unspecified atom stereocenters. The van der Waals surface area contributed by atoms with Gasteiger partial charge in [0.2, 0.25) is 11.8 Å². The van der Waals surface area contributed by atoms with Crippen LogP contribution in [0.5, 0.6) is 0 Å². The zero-order valence-electron chi connectivity index (χ0n) is 23.7. The predicted molar refractivity (Wildman–Crippen MR) is 188 cm³/mol. The van der Waals surface area contributed by atoms with Crippen LogP contribution >= 0.6 is 58.2 Å². The lowest BCUT2D eigenvalue weighted by Crippen LogP contribution is -2.16. The maximum atomic E-state index is 12.6. The zero-order chi connectivity index (χ0) is 32.8. The van der Waals surface area contributed by atoms with E-state index in [4.69, 9.17) is 46.4 Å². The van der Waals surface area contributed by atoms with Gasteiger partial charge in [0.1, 0.15) is 0 Å². The Kier molecular flexibility index (Phi) is 10.9. The van der Waals surface area contributed by atoms with Crippen LogP contribution < -0.4 is 16.0 Å². The van der Waals surface area contributed by atoms with E-state index in [2.05, 4.69) is 16.0 Å². The van der Waals surface area contributed by atoms with E-state index in [0.717, 1.165) is 21.2 Å². The Labute approximate surface area is 288 Å². The Balaban J connectivity index is 1.15. The fourth-order valence-corrected chi connectivity index (χ4v) is 5.97. The summed E-state index contributed by atoms with van der Waals surface area (Å²) in [6, 6.07) is 20.7. The first-order valence-electron chi connectivity index (χ1n) is 13.7.